The van der Waals surface area contributed by atoms with Crippen molar-refractivity contribution >= 4 is 5.91 Å². The number of carbonyl (C=O) groups is 1. The van der Waals surface area contributed by atoms with Gasteiger partial charge in [-0.2, -0.15) is 0 Å². The summed E-state index contributed by atoms with van der Waals surface area (Å²) < 4.78 is 18.6. The molecule has 2 aromatic rings. The summed E-state index contributed by atoms with van der Waals surface area (Å²) in [6.45, 7) is 2.66. The average molecular weight is 302 g/mol. The maximum absolute atomic E-state index is 13.0. The molecule has 0 saturated carbocycles. The Morgan fingerprint density at radius 1 is 1.23 bits per heavy atom. The molecule has 0 heterocycles. The monoisotopic (exact) mass is 302 g/mol. The third kappa shape index (κ3) is 4.86. The third-order valence-corrected chi connectivity index (χ3v) is 3.26. The molecule has 0 saturated heterocycles. The molecule has 0 aliphatic heterocycles. The first-order chi connectivity index (χ1) is 10.5. The van der Waals surface area contributed by atoms with E-state index in [1.54, 1.807) is 19.1 Å². The van der Waals surface area contributed by atoms with Crippen LogP contribution in [0.2, 0.25) is 0 Å². The van der Waals surface area contributed by atoms with Crippen molar-refractivity contribution in [1.82, 2.24) is 5.32 Å². The van der Waals surface area contributed by atoms with Crippen LogP contribution >= 0.6 is 0 Å². The van der Waals surface area contributed by atoms with E-state index in [2.05, 4.69) is 5.32 Å². The number of hydrogen-bond acceptors (Lipinski definition) is 3. The molecule has 1 amide bonds. The van der Waals surface area contributed by atoms with E-state index in [0.717, 1.165) is 11.1 Å². The van der Waals surface area contributed by atoms with Crippen LogP contribution in [0.3, 0.4) is 0 Å². The predicted octanol–water partition coefficient (Wildman–Crippen LogP) is 2.37. The molecular weight excluding hydrogens is 283 g/mol. The Hall–Kier alpha value is -2.40. The SMILES string of the molecule is C[C@H](NCc1ccc(COc2cccc(F)c2)cc1)C(N)=O. The number of nitrogens with one attached hydrogen (secondary N) is 1. The highest BCUT2D eigenvalue weighted by Crippen LogP contribution is 2.14. The molecule has 116 valence electrons. The van der Waals surface area contributed by atoms with Crippen LogP contribution in [-0.2, 0) is 17.9 Å². The van der Waals surface area contributed by atoms with Gasteiger partial charge < -0.3 is 15.8 Å². The lowest BCUT2D eigenvalue weighted by atomic mass is 10.1. The lowest BCUT2D eigenvalue weighted by Gasteiger charge is -2.11. The van der Waals surface area contributed by atoms with Crippen LogP contribution in [0, 0.1) is 5.82 Å². The Labute approximate surface area is 129 Å². The molecule has 0 aliphatic rings. The summed E-state index contributed by atoms with van der Waals surface area (Å²) in [4.78, 5) is 10.9. The molecule has 5 heteroatoms. The Morgan fingerprint density at radius 3 is 2.55 bits per heavy atom. The largest absolute Gasteiger partial charge is 0.489 e. The van der Waals surface area contributed by atoms with Crippen LogP contribution in [0.25, 0.3) is 0 Å². The van der Waals surface area contributed by atoms with E-state index in [1.165, 1.54) is 12.1 Å². The second-order valence-electron chi connectivity index (χ2n) is 5.07. The molecule has 22 heavy (non-hydrogen) atoms. The molecule has 4 nitrogen and oxygen atoms in total. The summed E-state index contributed by atoms with van der Waals surface area (Å²) >= 11 is 0. The minimum Gasteiger partial charge on any atom is -0.489 e. The summed E-state index contributed by atoms with van der Waals surface area (Å²) in [5.41, 5.74) is 7.21. The van der Waals surface area contributed by atoms with Gasteiger partial charge >= 0.3 is 0 Å². The van der Waals surface area contributed by atoms with Crippen LogP contribution in [0.15, 0.2) is 48.5 Å². The van der Waals surface area contributed by atoms with Crippen molar-refractivity contribution in [2.75, 3.05) is 0 Å². The molecule has 2 aromatic carbocycles. The number of halogens is 1. The molecule has 0 aliphatic carbocycles. The summed E-state index contributed by atoms with van der Waals surface area (Å²) in [6, 6.07) is 13.5. The lowest BCUT2D eigenvalue weighted by Crippen LogP contribution is -2.38. The van der Waals surface area contributed by atoms with Crippen molar-refractivity contribution in [3.63, 3.8) is 0 Å². The maximum atomic E-state index is 13.0. The fourth-order valence-electron chi connectivity index (χ4n) is 1.85. The molecule has 0 radical (unpaired) electrons. The lowest BCUT2D eigenvalue weighted by molar-refractivity contribution is -0.119. The molecule has 3 N–H and O–H groups in total. The number of hydrogen-bond donors (Lipinski definition) is 2. The number of rotatable bonds is 7. The van der Waals surface area contributed by atoms with E-state index >= 15 is 0 Å². The Bertz CT molecular complexity index is 629. The number of nitrogens with two attached hydrogens (primary N) is 1. The summed E-state index contributed by atoms with van der Waals surface area (Å²) in [5.74, 6) is -0.191. The molecule has 1 atom stereocenters. The van der Waals surface area contributed by atoms with E-state index in [9.17, 15) is 9.18 Å². The minimum absolute atomic E-state index is 0.317. The number of ether oxygens (including phenoxy) is 1. The van der Waals surface area contributed by atoms with Crippen molar-refractivity contribution in [3.8, 4) is 5.75 Å². The van der Waals surface area contributed by atoms with E-state index in [1.807, 2.05) is 24.3 Å². The minimum atomic E-state index is -0.375. The Morgan fingerprint density at radius 2 is 1.91 bits per heavy atom. The van der Waals surface area contributed by atoms with Gasteiger partial charge in [0.15, 0.2) is 0 Å². The van der Waals surface area contributed by atoms with Crippen LogP contribution in [0.1, 0.15) is 18.1 Å². The fraction of sp³-hybridized carbons (Fsp3) is 0.235. The zero-order valence-electron chi connectivity index (χ0n) is 12.4. The van der Waals surface area contributed by atoms with Crippen LogP contribution < -0.4 is 15.8 Å². The molecule has 0 spiro atoms. The van der Waals surface area contributed by atoms with Crippen LogP contribution in [0.4, 0.5) is 4.39 Å². The standard InChI is InChI=1S/C17H19FN2O2/c1-12(17(19)21)20-10-13-5-7-14(8-6-13)11-22-16-4-2-3-15(18)9-16/h2-9,12,20H,10-11H2,1H3,(H2,19,21)/t12-/m0/s1. The highest BCUT2D eigenvalue weighted by Gasteiger charge is 2.06. The average Bonchev–Trinajstić information content (AvgIpc) is 2.51. The van der Waals surface area contributed by atoms with E-state index in [0.29, 0.717) is 18.9 Å². The second-order valence-corrected chi connectivity index (χ2v) is 5.07. The third-order valence-electron chi connectivity index (χ3n) is 3.26. The zero-order valence-corrected chi connectivity index (χ0v) is 12.4. The predicted molar refractivity (Wildman–Crippen MR) is 82.7 cm³/mol. The summed E-state index contributed by atoms with van der Waals surface area (Å²) in [7, 11) is 0. The van der Waals surface area contributed by atoms with Gasteiger partial charge in [0.05, 0.1) is 6.04 Å². The Kier molecular flexibility index (Phi) is 5.49. The van der Waals surface area contributed by atoms with Crippen molar-refractivity contribution in [2.45, 2.75) is 26.1 Å². The quantitative estimate of drug-likeness (QED) is 0.825. The van der Waals surface area contributed by atoms with Gasteiger partial charge in [0.2, 0.25) is 5.91 Å². The number of carbonyl (C=O) groups excluding carboxylic acids is 1. The molecular formula is C17H19FN2O2. The molecule has 0 fully saturated rings. The fourth-order valence-corrected chi connectivity index (χ4v) is 1.85. The molecule has 2 rings (SSSR count). The topological polar surface area (TPSA) is 64.3 Å². The molecule has 0 aromatic heterocycles. The second kappa shape index (κ2) is 7.56. The molecule has 0 bridgehead atoms. The van der Waals surface area contributed by atoms with Gasteiger partial charge in [-0.05, 0) is 30.2 Å². The van der Waals surface area contributed by atoms with E-state index in [4.69, 9.17) is 10.5 Å². The highest BCUT2D eigenvalue weighted by atomic mass is 19.1. The van der Waals surface area contributed by atoms with Gasteiger partial charge in [-0.3, -0.25) is 4.79 Å². The first kappa shape index (κ1) is 16.0. The summed E-state index contributed by atoms with van der Waals surface area (Å²) in [5, 5.41) is 3.03. The van der Waals surface area contributed by atoms with Gasteiger partial charge in [0.25, 0.3) is 0 Å². The van der Waals surface area contributed by atoms with Crippen molar-refractivity contribution < 1.29 is 13.9 Å². The zero-order chi connectivity index (χ0) is 15.9. The smallest absolute Gasteiger partial charge is 0.234 e. The first-order valence-electron chi connectivity index (χ1n) is 7.03. The number of amides is 1. The maximum Gasteiger partial charge on any atom is 0.234 e. The Balaban J connectivity index is 1.85. The van der Waals surface area contributed by atoms with E-state index in [-0.39, 0.29) is 17.8 Å². The summed E-state index contributed by atoms with van der Waals surface area (Å²) in [6.07, 6.45) is 0. The van der Waals surface area contributed by atoms with Gasteiger partial charge in [-0.15, -0.1) is 0 Å². The van der Waals surface area contributed by atoms with Gasteiger partial charge in [0, 0.05) is 12.6 Å². The van der Waals surface area contributed by atoms with E-state index < -0.39 is 0 Å². The van der Waals surface area contributed by atoms with Crippen molar-refractivity contribution in [1.29, 1.82) is 0 Å². The number of primary amides is 1. The number of benzene rings is 2. The first-order valence-corrected chi connectivity index (χ1v) is 7.03. The molecule has 0 unspecified atom stereocenters. The van der Waals surface area contributed by atoms with Crippen LogP contribution in [0.5, 0.6) is 5.75 Å². The van der Waals surface area contributed by atoms with Gasteiger partial charge in [-0.25, -0.2) is 4.39 Å². The van der Waals surface area contributed by atoms with Crippen molar-refractivity contribution in [3.05, 3.63) is 65.5 Å². The van der Waals surface area contributed by atoms with Crippen molar-refractivity contribution in [2.24, 2.45) is 5.73 Å². The van der Waals surface area contributed by atoms with Gasteiger partial charge in [0.1, 0.15) is 18.2 Å². The normalized spacial score (nSPS) is 11.9. The van der Waals surface area contributed by atoms with Crippen LogP contribution in [-0.4, -0.2) is 11.9 Å². The van der Waals surface area contributed by atoms with Gasteiger partial charge in [-0.1, -0.05) is 30.3 Å². The highest BCUT2D eigenvalue weighted by molar-refractivity contribution is 5.79.